The highest BCUT2D eigenvalue weighted by molar-refractivity contribution is 6.31. The van der Waals surface area contributed by atoms with Crippen molar-refractivity contribution in [3.8, 4) is 0 Å². The van der Waals surface area contributed by atoms with E-state index in [1.54, 1.807) is 32.0 Å². The van der Waals surface area contributed by atoms with Crippen molar-refractivity contribution < 1.29 is 14.7 Å². The molecule has 0 aliphatic heterocycles. The molecule has 1 aromatic carbocycles. The fourth-order valence-electron chi connectivity index (χ4n) is 1.49. The summed E-state index contributed by atoms with van der Waals surface area (Å²) in [5.41, 5.74) is 1.23. The molecule has 5 heteroatoms. The fourth-order valence-corrected chi connectivity index (χ4v) is 1.66. The lowest BCUT2D eigenvalue weighted by Gasteiger charge is -2.19. The topological polar surface area (TPSA) is 57.6 Å². The van der Waals surface area contributed by atoms with Gasteiger partial charge in [0, 0.05) is 17.1 Å². The van der Waals surface area contributed by atoms with Crippen LogP contribution in [0.5, 0.6) is 0 Å². The van der Waals surface area contributed by atoms with Crippen molar-refractivity contribution in [3.05, 3.63) is 34.3 Å². The summed E-state index contributed by atoms with van der Waals surface area (Å²) in [5.74, 6) is -1.34. The van der Waals surface area contributed by atoms with Crippen LogP contribution in [0.1, 0.15) is 22.8 Å². The van der Waals surface area contributed by atoms with Crippen LogP contribution in [0, 0.1) is 6.92 Å². The van der Waals surface area contributed by atoms with E-state index in [1.165, 1.54) is 4.90 Å². The number of likely N-dealkylation sites (N-methyl/N-ethyl adjacent to an activating group) is 1. The van der Waals surface area contributed by atoms with Crippen LogP contribution in [0.2, 0.25) is 5.02 Å². The minimum Gasteiger partial charge on any atom is -0.480 e. The van der Waals surface area contributed by atoms with Crippen LogP contribution in [0.25, 0.3) is 0 Å². The van der Waals surface area contributed by atoms with Crippen LogP contribution < -0.4 is 0 Å². The number of carboxylic acids is 1. The molecule has 17 heavy (non-hydrogen) atoms. The van der Waals surface area contributed by atoms with Crippen LogP contribution in [0.15, 0.2) is 18.2 Å². The molecule has 0 fully saturated rings. The third kappa shape index (κ3) is 3.46. The predicted molar refractivity (Wildman–Crippen MR) is 65.4 cm³/mol. The largest absolute Gasteiger partial charge is 0.480 e. The van der Waals surface area contributed by atoms with Gasteiger partial charge in [0.05, 0.1) is 0 Å². The molecule has 0 aliphatic rings. The highest BCUT2D eigenvalue weighted by atomic mass is 35.5. The molecular weight excluding hydrogens is 242 g/mol. The van der Waals surface area contributed by atoms with Crippen molar-refractivity contribution in [1.29, 1.82) is 0 Å². The van der Waals surface area contributed by atoms with E-state index in [4.69, 9.17) is 16.7 Å². The summed E-state index contributed by atoms with van der Waals surface area (Å²) >= 11 is 5.83. The van der Waals surface area contributed by atoms with E-state index in [0.29, 0.717) is 17.1 Å². The molecule has 92 valence electrons. The Morgan fingerprint density at radius 3 is 2.59 bits per heavy atom. The third-order valence-electron chi connectivity index (χ3n) is 2.43. The molecule has 0 bridgehead atoms. The second-order valence-electron chi connectivity index (χ2n) is 3.67. The quantitative estimate of drug-likeness (QED) is 0.897. The van der Waals surface area contributed by atoms with E-state index in [1.807, 2.05) is 0 Å². The molecule has 1 N–H and O–H groups in total. The summed E-state index contributed by atoms with van der Waals surface area (Å²) in [6.45, 7) is 3.57. The Morgan fingerprint density at radius 2 is 2.06 bits per heavy atom. The highest BCUT2D eigenvalue weighted by Gasteiger charge is 2.18. The maximum absolute atomic E-state index is 12.1. The van der Waals surface area contributed by atoms with E-state index in [-0.39, 0.29) is 12.5 Å². The van der Waals surface area contributed by atoms with Gasteiger partial charge < -0.3 is 10.0 Å². The number of rotatable bonds is 4. The van der Waals surface area contributed by atoms with Gasteiger partial charge in [0.2, 0.25) is 0 Å². The molecule has 0 heterocycles. The van der Waals surface area contributed by atoms with Gasteiger partial charge in [0.1, 0.15) is 6.54 Å². The molecule has 0 saturated carbocycles. The maximum Gasteiger partial charge on any atom is 0.323 e. The van der Waals surface area contributed by atoms with Gasteiger partial charge >= 0.3 is 5.97 Å². The van der Waals surface area contributed by atoms with Crippen molar-refractivity contribution in [2.45, 2.75) is 13.8 Å². The van der Waals surface area contributed by atoms with E-state index < -0.39 is 5.97 Å². The van der Waals surface area contributed by atoms with Gasteiger partial charge in [-0.2, -0.15) is 0 Å². The molecule has 0 radical (unpaired) electrons. The average molecular weight is 256 g/mol. The van der Waals surface area contributed by atoms with Gasteiger partial charge in [-0.25, -0.2) is 0 Å². The summed E-state index contributed by atoms with van der Waals surface area (Å²) in [4.78, 5) is 24.0. The summed E-state index contributed by atoms with van der Waals surface area (Å²) < 4.78 is 0. The van der Waals surface area contributed by atoms with E-state index in [9.17, 15) is 9.59 Å². The van der Waals surface area contributed by atoms with Crippen LogP contribution in [-0.2, 0) is 4.79 Å². The smallest absolute Gasteiger partial charge is 0.323 e. The van der Waals surface area contributed by atoms with Gasteiger partial charge in [-0.15, -0.1) is 0 Å². The second kappa shape index (κ2) is 5.68. The zero-order valence-electron chi connectivity index (χ0n) is 9.74. The number of benzene rings is 1. The first kappa shape index (κ1) is 13.5. The lowest BCUT2D eigenvalue weighted by Crippen LogP contribution is -2.35. The number of carbonyl (C=O) groups excluding carboxylic acids is 1. The number of nitrogens with zero attached hydrogens (tertiary/aromatic N) is 1. The predicted octanol–water partition coefficient (Wildman–Crippen LogP) is 2.20. The molecule has 0 unspecified atom stereocenters. The number of halogens is 1. The molecule has 4 nitrogen and oxygen atoms in total. The molecule has 1 rings (SSSR count). The average Bonchev–Trinajstić information content (AvgIpc) is 2.28. The van der Waals surface area contributed by atoms with Crippen LogP contribution in [0.3, 0.4) is 0 Å². The van der Waals surface area contributed by atoms with E-state index in [0.717, 1.165) is 5.56 Å². The minimum atomic E-state index is -1.03. The van der Waals surface area contributed by atoms with E-state index in [2.05, 4.69) is 0 Å². The molecule has 1 aromatic rings. The molecule has 0 saturated heterocycles. The van der Waals surface area contributed by atoms with Gasteiger partial charge in [0.15, 0.2) is 0 Å². The van der Waals surface area contributed by atoms with Crippen LogP contribution in [-0.4, -0.2) is 35.0 Å². The van der Waals surface area contributed by atoms with Gasteiger partial charge in [0.25, 0.3) is 5.91 Å². The Hall–Kier alpha value is -1.55. The Labute approximate surface area is 105 Å². The molecule has 1 amide bonds. The monoisotopic (exact) mass is 255 g/mol. The summed E-state index contributed by atoms with van der Waals surface area (Å²) in [6.07, 6.45) is 0. The van der Waals surface area contributed by atoms with Crippen molar-refractivity contribution >= 4 is 23.5 Å². The van der Waals surface area contributed by atoms with Crippen molar-refractivity contribution in [3.63, 3.8) is 0 Å². The molecule has 0 atom stereocenters. The third-order valence-corrected chi connectivity index (χ3v) is 2.66. The van der Waals surface area contributed by atoms with Crippen molar-refractivity contribution in [2.75, 3.05) is 13.1 Å². The SMILES string of the molecule is CCN(CC(=O)O)C(=O)c1cc(Cl)ccc1C. The summed E-state index contributed by atoms with van der Waals surface area (Å²) in [6, 6.07) is 5.00. The maximum atomic E-state index is 12.1. The number of carboxylic acid groups (broad SMARTS) is 1. The van der Waals surface area contributed by atoms with Crippen LogP contribution in [0.4, 0.5) is 0 Å². The number of aliphatic carboxylic acids is 1. The summed E-state index contributed by atoms with van der Waals surface area (Å²) in [7, 11) is 0. The van der Waals surface area contributed by atoms with Gasteiger partial charge in [-0.1, -0.05) is 17.7 Å². The van der Waals surface area contributed by atoms with Crippen molar-refractivity contribution in [1.82, 2.24) is 4.90 Å². The van der Waals surface area contributed by atoms with Crippen molar-refractivity contribution in [2.24, 2.45) is 0 Å². The molecule has 0 aromatic heterocycles. The fraction of sp³-hybridized carbons (Fsp3) is 0.333. The van der Waals surface area contributed by atoms with Gasteiger partial charge in [-0.05, 0) is 31.5 Å². The Balaban J connectivity index is 3.01. The lowest BCUT2D eigenvalue weighted by molar-refractivity contribution is -0.137. The molecule has 0 spiro atoms. The number of hydrogen-bond donors (Lipinski definition) is 1. The summed E-state index contributed by atoms with van der Waals surface area (Å²) in [5, 5.41) is 9.18. The highest BCUT2D eigenvalue weighted by Crippen LogP contribution is 2.17. The number of amides is 1. The number of aryl methyl sites for hydroxylation is 1. The molecular formula is C12H14ClNO3. The Kier molecular flexibility index (Phi) is 4.52. The van der Waals surface area contributed by atoms with Gasteiger partial charge in [-0.3, -0.25) is 9.59 Å². The molecule has 0 aliphatic carbocycles. The Morgan fingerprint density at radius 1 is 1.41 bits per heavy atom. The number of carbonyl (C=O) groups is 2. The lowest BCUT2D eigenvalue weighted by atomic mass is 10.1. The first-order valence-corrected chi connectivity index (χ1v) is 5.60. The zero-order valence-corrected chi connectivity index (χ0v) is 10.5. The van der Waals surface area contributed by atoms with E-state index >= 15 is 0 Å². The second-order valence-corrected chi connectivity index (χ2v) is 4.11. The van der Waals surface area contributed by atoms with Crippen LogP contribution >= 0.6 is 11.6 Å². The zero-order chi connectivity index (χ0) is 13.0. The number of hydrogen-bond acceptors (Lipinski definition) is 2. The first-order valence-electron chi connectivity index (χ1n) is 5.23. The first-order chi connectivity index (χ1) is 7.95. The standard InChI is InChI=1S/C12H14ClNO3/c1-3-14(7-11(15)16)12(17)10-6-9(13)5-4-8(10)2/h4-6H,3,7H2,1-2H3,(H,15,16). The Bertz CT molecular complexity index is 445. The normalized spacial score (nSPS) is 10.1. The minimum absolute atomic E-state index is 0.304.